The minimum Gasteiger partial charge on any atom is -0.497 e. The largest absolute Gasteiger partial charge is 0.497 e. The van der Waals surface area contributed by atoms with E-state index in [2.05, 4.69) is 35.0 Å². The first-order valence-electron chi connectivity index (χ1n) is 8.58. The molecule has 1 atom stereocenters. The van der Waals surface area contributed by atoms with Crippen molar-refractivity contribution in [2.75, 3.05) is 13.7 Å². The summed E-state index contributed by atoms with van der Waals surface area (Å²) in [5.74, 6) is 2.59. The minimum absolute atomic E-state index is 0.421. The molecule has 4 nitrogen and oxygen atoms in total. The van der Waals surface area contributed by atoms with Crippen LogP contribution in [0.25, 0.3) is 0 Å². The van der Waals surface area contributed by atoms with E-state index in [0.29, 0.717) is 5.92 Å². The van der Waals surface area contributed by atoms with Gasteiger partial charge < -0.3 is 14.6 Å². The lowest BCUT2D eigenvalue weighted by molar-refractivity contribution is 0.414. The van der Waals surface area contributed by atoms with Crippen molar-refractivity contribution in [3.8, 4) is 5.75 Å². The molecular weight excluding hydrogens is 318 g/mol. The predicted octanol–water partition coefficient (Wildman–Crippen LogP) is 3.86. The lowest BCUT2D eigenvalue weighted by Crippen LogP contribution is -2.17. The van der Waals surface area contributed by atoms with Gasteiger partial charge in [-0.3, -0.25) is 0 Å². The molecule has 0 spiro atoms. The number of rotatable bonds is 4. The Morgan fingerprint density at radius 1 is 1.25 bits per heavy atom. The average Bonchev–Trinajstić information content (AvgIpc) is 3.18. The second-order valence-corrected chi connectivity index (χ2v) is 7.52. The highest BCUT2D eigenvalue weighted by molar-refractivity contribution is 8.03. The van der Waals surface area contributed by atoms with Crippen molar-refractivity contribution in [1.82, 2.24) is 14.9 Å². The highest BCUT2D eigenvalue weighted by Gasteiger charge is 2.26. The Bertz CT molecular complexity index is 764. The third-order valence-corrected chi connectivity index (χ3v) is 5.80. The van der Waals surface area contributed by atoms with E-state index in [9.17, 15) is 0 Å². The van der Waals surface area contributed by atoms with E-state index in [-0.39, 0.29) is 0 Å². The zero-order chi connectivity index (χ0) is 16.5. The molecule has 1 N–H and O–H groups in total. The summed E-state index contributed by atoms with van der Waals surface area (Å²) in [5.41, 5.74) is 2.60. The van der Waals surface area contributed by atoms with Crippen molar-refractivity contribution in [2.45, 2.75) is 43.5 Å². The normalized spacial score (nSPS) is 19.6. The van der Waals surface area contributed by atoms with Crippen LogP contribution in [0.3, 0.4) is 0 Å². The van der Waals surface area contributed by atoms with Gasteiger partial charge in [0.1, 0.15) is 11.6 Å². The summed E-state index contributed by atoms with van der Waals surface area (Å²) in [4.78, 5) is 6.03. The maximum absolute atomic E-state index is 5.22. The number of hydrogen-bond donors (Lipinski definition) is 1. The Morgan fingerprint density at radius 3 is 2.88 bits per heavy atom. The fourth-order valence-corrected chi connectivity index (χ4v) is 4.55. The van der Waals surface area contributed by atoms with E-state index >= 15 is 0 Å². The van der Waals surface area contributed by atoms with Gasteiger partial charge in [0.25, 0.3) is 0 Å². The molecule has 1 aromatic heterocycles. The standard InChI is InChI=1S/C19H23N3OS/c1-13-19(22-10-4-3-5-17(22)21-13)14-11-18(20-12-14)24-16-8-6-15(23-2)7-9-16/h6-9,11,14,20H,3-5,10,12H2,1-2H3. The molecule has 5 heteroatoms. The zero-order valence-corrected chi connectivity index (χ0v) is 15.0. The quantitative estimate of drug-likeness (QED) is 0.917. The van der Waals surface area contributed by atoms with E-state index < -0.39 is 0 Å². The Balaban J connectivity index is 1.53. The van der Waals surface area contributed by atoms with Crippen LogP contribution in [0.1, 0.15) is 36.0 Å². The summed E-state index contributed by atoms with van der Waals surface area (Å²) in [6.07, 6.45) is 6.03. The Kier molecular flexibility index (Phi) is 4.27. The van der Waals surface area contributed by atoms with Crippen LogP contribution in [0.5, 0.6) is 5.75 Å². The lowest BCUT2D eigenvalue weighted by atomic mass is 10.0. The molecule has 2 aromatic rings. The second-order valence-electron chi connectivity index (χ2n) is 6.40. The Morgan fingerprint density at radius 2 is 2.08 bits per heavy atom. The van der Waals surface area contributed by atoms with Crippen LogP contribution in [0.15, 0.2) is 40.3 Å². The highest BCUT2D eigenvalue weighted by atomic mass is 32.2. The van der Waals surface area contributed by atoms with Gasteiger partial charge in [0.05, 0.1) is 17.8 Å². The molecule has 4 rings (SSSR count). The van der Waals surface area contributed by atoms with Crippen molar-refractivity contribution in [3.05, 3.63) is 52.6 Å². The fraction of sp³-hybridized carbons (Fsp3) is 0.421. The fourth-order valence-electron chi connectivity index (χ4n) is 3.64. The number of hydrogen-bond acceptors (Lipinski definition) is 4. The van der Waals surface area contributed by atoms with Crippen LogP contribution in [-0.4, -0.2) is 23.2 Å². The molecule has 126 valence electrons. The molecule has 0 bridgehead atoms. The SMILES string of the molecule is COc1ccc(SC2=CC(c3c(C)nc4n3CCCC4)CN2)cc1. The summed E-state index contributed by atoms with van der Waals surface area (Å²) in [7, 11) is 1.70. The van der Waals surface area contributed by atoms with Gasteiger partial charge in [-0.2, -0.15) is 0 Å². The molecule has 0 amide bonds. The first kappa shape index (κ1) is 15.6. The molecule has 24 heavy (non-hydrogen) atoms. The molecule has 0 fully saturated rings. The van der Waals surface area contributed by atoms with E-state index in [0.717, 1.165) is 25.3 Å². The summed E-state index contributed by atoms with van der Waals surface area (Å²) in [5, 5.41) is 4.79. The molecule has 0 radical (unpaired) electrons. The van der Waals surface area contributed by atoms with Crippen LogP contribution in [0.2, 0.25) is 0 Å². The first-order chi connectivity index (χ1) is 11.7. The van der Waals surface area contributed by atoms with Gasteiger partial charge in [0.2, 0.25) is 0 Å². The number of benzene rings is 1. The molecule has 0 saturated carbocycles. The number of methoxy groups -OCH3 is 1. The molecule has 0 saturated heterocycles. The van der Waals surface area contributed by atoms with Crippen LogP contribution >= 0.6 is 11.8 Å². The number of fused-ring (bicyclic) bond motifs is 1. The highest BCUT2D eigenvalue weighted by Crippen LogP contribution is 2.35. The Labute approximate surface area is 147 Å². The summed E-state index contributed by atoms with van der Waals surface area (Å²) >= 11 is 1.78. The van der Waals surface area contributed by atoms with Gasteiger partial charge in [0.15, 0.2) is 0 Å². The number of nitrogens with zero attached hydrogens (tertiary/aromatic N) is 2. The van der Waals surface area contributed by atoms with Gasteiger partial charge in [-0.1, -0.05) is 11.8 Å². The summed E-state index contributed by atoms with van der Waals surface area (Å²) < 4.78 is 7.68. The summed E-state index contributed by atoms with van der Waals surface area (Å²) in [6.45, 7) is 4.24. The number of ether oxygens (including phenoxy) is 1. The van der Waals surface area contributed by atoms with Crippen LogP contribution in [0.4, 0.5) is 0 Å². The van der Waals surface area contributed by atoms with Gasteiger partial charge in [-0.15, -0.1) is 0 Å². The van der Waals surface area contributed by atoms with Crippen molar-refractivity contribution in [2.24, 2.45) is 0 Å². The maximum Gasteiger partial charge on any atom is 0.118 e. The van der Waals surface area contributed by atoms with Crippen LogP contribution in [-0.2, 0) is 13.0 Å². The maximum atomic E-state index is 5.22. The van der Waals surface area contributed by atoms with Crippen molar-refractivity contribution >= 4 is 11.8 Å². The van der Waals surface area contributed by atoms with E-state index in [1.54, 1.807) is 18.9 Å². The van der Waals surface area contributed by atoms with Crippen molar-refractivity contribution in [1.29, 1.82) is 0 Å². The first-order valence-corrected chi connectivity index (χ1v) is 9.40. The number of nitrogens with one attached hydrogen (secondary N) is 1. The average molecular weight is 341 g/mol. The van der Waals surface area contributed by atoms with E-state index in [1.165, 1.54) is 40.0 Å². The van der Waals surface area contributed by atoms with E-state index in [1.807, 2.05) is 12.1 Å². The van der Waals surface area contributed by atoms with Gasteiger partial charge in [-0.05, 0) is 50.1 Å². The molecule has 2 aliphatic rings. The van der Waals surface area contributed by atoms with E-state index in [4.69, 9.17) is 9.72 Å². The smallest absolute Gasteiger partial charge is 0.118 e. The molecule has 0 aliphatic carbocycles. The zero-order valence-electron chi connectivity index (χ0n) is 14.2. The molecule has 3 heterocycles. The van der Waals surface area contributed by atoms with Crippen LogP contribution < -0.4 is 10.1 Å². The number of aryl methyl sites for hydroxylation is 2. The molecule has 1 aromatic carbocycles. The summed E-state index contributed by atoms with van der Waals surface area (Å²) in [6, 6.07) is 8.22. The number of thioether (sulfide) groups is 1. The second kappa shape index (κ2) is 6.55. The topological polar surface area (TPSA) is 39.1 Å². The van der Waals surface area contributed by atoms with Crippen LogP contribution in [0, 0.1) is 6.92 Å². The molecule has 2 aliphatic heterocycles. The van der Waals surface area contributed by atoms with Crippen molar-refractivity contribution in [3.63, 3.8) is 0 Å². The monoisotopic (exact) mass is 341 g/mol. The lowest BCUT2D eigenvalue weighted by Gasteiger charge is -2.18. The third kappa shape index (κ3) is 2.93. The number of aromatic nitrogens is 2. The number of imidazole rings is 1. The Hall–Kier alpha value is -1.88. The molecule has 1 unspecified atom stereocenters. The third-order valence-electron chi connectivity index (χ3n) is 4.79. The molecular formula is C19H23N3OS. The van der Waals surface area contributed by atoms with Gasteiger partial charge in [-0.25, -0.2) is 4.98 Å². The minimum atomic E-state index is 0.421. The van der Waals surface area contributed by atoms with Gasteiger partial charge in [0, 0.05) is 36.0 Å². The predicted molar refractivity (Wildman–Crippen MR) is 97.6 cm³/mol. The van der Waals surface area contributed by atoms with Gasteiger partial charge >= 0.3 is 0 Å². The van der Waals surface area contributed by atoms with Crippen molar-refractivity contribution < 1.29 is 4.74 Å².